The quantitative estimate of drug-likeness (QED) is 0.727. The number of rotatable bonds is 5. The van der Waals surface area contributed by atoms with Gasteiger partial charge in [-0.3, -0.25) is 4.79 Å². The van der Waals surface area contributed by atoms with Gasteiger partial charge in [0.1, 0.15) is 12.3 Å². The zero-order valence-electron chi connectivity index (χ0n) is 8.27. The van der Waals surface area contributed by atoms with Crippen molar-refractivity contribution in [3.05, 3.63) is 18.0 Å². The molecule has 15 heavy (non-hydrogen) atoms. The topological polar surface area (TPSA) is 92.4 Å². The van der Waals surface area contributed by atoms with Crippen LogP contribution >= 0.6 is 0 Å². The molecule has 1 amide bonds. The number of aromatic nitrogens is 1. The molecule has 0 aliphatic rings. The molecule has 0 aliphatic carbocycles. The van der Waals surface area contributed by atoms with Crippen LogP contribution in [0.2, 0.25) is 0 Å². The van der Waals surface area contributed by atoms with E-state index in [1.54, 1.807) is 13.0 Å². The van der Waals surface area contributed by atoms with Crippen molar-refractivity contribution < 1.29 is 19.2 Å². The molecule has 1 heterocycles. The van der Waals surface area contributed by atoms with E-state index in [2.05, 4.69) is 15.0 Å². The van der Waals surface area contributed by atoms with Crippen molar-refractivity contribution in [2.24, 2.45) is 0 Å². The molecule has 1 aromatic heterocycles. The molecule has 2 N–H and O–H groups in total. The summed E-state index contributed by atoms with van der Waals surface area (Å²) in [5.41, 5.74) is 0.479. The molecule has 1 aromatic rings. The number of nitrogens with zero attached hydrogens (tertiary/aromatic N) is 1. The van der Waals surface area contributed by atoms with Crippen LogP contribution in [0.1, 0.15) is 19.0 Å². The van der Waals surface area contributed by atoms with E-state index in [0.29, 0.717) is 12.1 Å². The van der Waals surface area contributed by atoms with Gasteiger partial charge in [0.25, 0.3) is 0 Å². The van der Waals surface area contributed by atoms with Crippen LogP contribution in [0.4, 0.5) is 0 Å². The molecular weight excluding hydrogens is 200 g/mol. The Labute approximate surface area is 86.3 Å². The Bertz CT molecular complexity index is 334. The minimum absolute atomic E-state index is 0.0281. The first kappa shape index (κ1) is 11.2. The highest BCUT2D eigenvalue weighted by atomic mass is 16.5. The lowest BCUT2D eigenvalue weighted by molar-refractivity contribution is -0.141. The summed E-state index contributed by atoms with van der Waals surface area (Å²) in [5, 5.41) is 14.6. The minimum atomic E-state index is -1.04. The summed E-state index contributed by atoms with van der Waals surface area (Å²) in [6, 6.07) is 0.714. The molecule has 0 saturated carbocycles. The van der Waals surface area contributed by atoms with Crippen LogP contribution in [0.15, 0.2) is 16.9 Å². The molecule has 0 fully saturated rings. The predicted octanol–water partition coefficient (Wildman–Crippen LogP) is 0.196. The van der Waals surface area contributed by atoms with Crippen LogP contribution in [-0.4, -0.2) is 28.2 Å². The lowest BCUT2D eigenvalue weighted by atomic mass is 10.2. The van der Waals surface area contributed by atoms with Gasteiger partial charge in [0.2, 0.25) is 5.91 Å². The van der Waals surface area contributed by atoms with Gasteiger partial charge in [-0.15, -0.1) is 0 Å². The van der Waals surface area contributed by atoms with Crippen molar-refractivity contribution in [2.75, 3.05) is 0 Å². The molecule has 0 radical (unpaired) electrons. The summed E-state index contributed by atoms with van der Waals surface area (Å²) < 4.78 is 4.55. The molecular formula is C9H12N2O4. The van der Waals surface area contributed by atoms with Gasteiger partial charge >= 0.3 is 5.97 Å². The summed E-state index contributed by atoms with van der Waals surface area (Å²) in [6.45, 7) is 1.69. The fourth-order valence-electron chi connectivity index (χ4n) is 1.08. The maximum absolute atomic E-state index is 11.3. The Morgan fingerprint density at radius 2 is 2.40 bits per heavy atom. The number of carboxylic acid groups (broad SMARTS) is 1. The fourth-order valence-corrected chi connectivity index (χ4v) is 1.08. The van der Waals surface area contributed by atoms with Gasteiger partial charge in [0, 0.05) is 6.07 Å². The second-order valence-electron chi connectivity index (χ2n) is 3.03. The normalized spacial score (nSPS) is 12.1. The highest BCUT2D eigenvalue weighted by Crippen LogP contribution is 1.97. The molecule has 1 unspecified atom stereocenters. The average Bonchev–Trinajstić information content (AvgIpc) is 2.66. The zero-order valence-corrected chi connectivity index (χ0v) is 8.27. The van der Waals surface area contributed by atoms with Crippen molar-refractivity contribution in [3.63, 3.8) is 0 Å². The maximum Gasteiger partial charge on any atom is 0.326 e. The minimum Gasteiger partial charge on any atom is -0.480 e. The molecule has 6 heteroatoms. The SMILES string of the molecule is CCC(NC(=O)Cc1ccon1)C(=O)O. The summed E-state index contributed by atoms with van der Waals surface area (Å²) in [4.78, 5) is 21.9. The van der Waals surface area contributed by atoms with Crippen LogP contribution in [0.25, 0.3) is 0 Å². The van der Waals surface area contributed by atoms with E-state index in [1.165, 1.54) is 6.26 Å². The molecule has 82 valence electrons. The molecule has 6 nitrogen and oxygen atoms in total. The Hall–Kier alpha value is -1.85. The third-order valence-corrected chi connectivity index (χ3v) is 1.87. The van der Waals surface area contributed by atoms with Crippen molar-refractivity contribution in [3.8, 4) is 0 Å². The molecule has 1 atom stereocenters. The van der Waals surface area contributed by atoms with E-state index >= 15 is 0 Å². The number of nitrogens with one attached hydrogen (secondary N) is 1. The molecule has 0 aromatic carbocycles. The van der Waals surface area contributed by atoms with Gasteiger partial charge in [-0.05, 0) is 6.42 Å². The Morgan fingerprint density at radius 3 is 2.87 bits per heavy atom. The number of carbonyl (C=O) groups excluding carboxylic acids is 1. The van der Waals surface area contributed by atoms with Crippen LogP contribution in [-0.2, 0) is 16.0 Å². The maximum atomic E-state index is 11.3. The van der Waals surface area contributed by atoms with E-state index in [9.17, 15) is 9.59 Å². The standard InChI is InChI=1S/C9H12N2O4/c1-2-7(9(13)14)10-8(12)5-6-3-4-15-11-6/h3-4,7H,2,5H2,1H3,(H,10,12)(H,13,14). The zero-order chi connectivity index (χ0) is 11.3. The van der Waals surface area contributed by atoms with E-state index in [-0.39, 0.29) is 12.3 Å². The lowest BCUT2D eigenvalue weighted by Gasteiger charge is -2.10. The van der Waals surface area contributed by atoms with E-state index in [1.807, 2.05) is 0 Å². The van der Waals surface area contributed by atoms with Gasteiger partial charge in [0.15, 0.2) is 0 Å². The van der Waals surface area contributed by atoms with Crippen LogP contribution in [0.5, 0.6) is 0 Å². The first-order valence-electron chi connectivity index (χ1n) is 4.55. The van der Waals surface area contributed by atoms with Crippen LogP contribution in [0.3, 0.4) is 0 Å². The van der Waals surface area contributed by atoms with Crippen molar-refractivity contribution in [2.45, 2.75) is 25.8 Å². The second kappa shape index (κ2) is 5.14. The van der Waals surface area contributed by atoms with Gasteiger partial charge in [-0.25, -0.2) is 4.79 Å². The Kier molecular flexibility index (Phi) is 3.84. The summed E-state index contributed by atoms with van der Waals surface area (Å²) in [6.07, 6.45) is 1.73. The molecule has 0 spiro atoms. The number of hydrogen-bond donors (Lipinski definition) is 2. The van der Waals surface area contributed by atoms with Crippen LogP contribution in [0, 0.1) is 0 Å². The number of aliphatic carboxylic acids is 1. The molecule has 0 saturated heterocycles. The van der Waals surface area contributed by atoms with E-state index in [4.69, 9.17) is 5.11 Å². The predicted molar refractivity (Wildman–Crippen MR) is 50.1 cm³/mol. The first-order valence-corrected chi connectivity index (χ1v) is 4.55. The smallest absolute Gasteiger partial charge is 0.326 e. The Morgan fingerprint density at radius 1 is 1.67 bits per heavy atom. The molecule has 0 bridgehead atoms. The first-order chi connectivity index (χ1) is 7.13. The summed E-state index contributed by atoms with van der Waals surface area (Å²) in [7, 11) is 0. The van der Waals surface area contributed by atoms with Crippen LogP contribution < -0.4 is 5.32 Å². The van der Waals surface area contributed by atoms with E-state index in [0.717, 1.165) is 0 Å². The highest BCUT2D eigenvalue weighted by molar-refractivity contribution is 5.84. The van der Waals surface area contributed by atoms with Gasteiger partial charge < -0.3 is 14.9 Å². The number of carbonyl (C=O) groups is 2. The third-order valence-electron chi connectivity index (χ3n) is 1.87. The second-order valence-corrected chi connectivity index (χ2v) is 3.03. The monoisotopic (exact) mass is 212 g/mol. The van der Waals surface area contributed by atoms with E-state index < -0.39 is 12.0 Å². The lowest BCUT2D eigenvalue weighted by Crippen LogP contribution is -2.41. The summed E-state index contributed by atoms with van der Waals surface area (Å²) >= 11 is 0. The van der Waals surface area contributed by atoms with Gasteiger partial charge in [-0.1, -0.05) is 12.1 Å². The number of carboxylic acids is 1. The van der Waals surface area contributed by atoms with Gasteiger partial charge in [0.05, 0.1) is 12.1 Å². The number of hydrogen-bond acceptors (Lipinski definition) is 4. The fraction of sp³-hybridized carbons (Fsp3) is 0.444. The van der Waals surface area contributed by atoms with Crippen molar-refractivity contribution in [1.29, 1.82) is 0 Å². The average molecular weight is 212 g/mol. The molecule has 1 rings (SSSR count). The third kappa shape index (κ3) is 3.41. The Balaban J connectivity index is 2.45. The van der Waals surface area contributed by atoms with Gasteiger partial charge in [-0.2, -0.15) is 0 Å². The highest BCUT2D eigenvalue weighted by Gasteiger charge is 2.17. The van der Waals surface area contributed by atoms with Crippen molar-refractivity contribution in [1.82, 2.24) is 10.5 Å². The summed E-state index contributed by atoms with van der Waals surface area (Å²) in [5.74, 6) is -1.41. The van der Waals surface area contributed by atoms with Crippen molar-refractivity contribution >= 4 is 11.9 Å². The molecule has 0 aliphatic heterocycles. The largest absolute Gasteiger partial charge is 0.480 e. The number of amides is 1.